The number of carbonyl (C=O) groups is 2. The van der Waals surface area contributed by atoms with Gasteiger partial charge in [0, 0.05) is 12.1 Å². The Morgan fingerprint density at radius 3 is 2.65 bits per heavy atom. The highest BCUT2D eigenvalue weighted by Gasteiger charge is 2.21. The molecule has 0 radical (unpaired) electrons. The molecule has 1 aromatic rings. The standard InChI is InChI=1S/C12H17N3O5/c1-4-20-11(16)6-13-12(17)10-5-9(15(18)19)7-14(10)8(2)3/h5,7-8H,4,6H2,1-3H3,(H,13,17). The van der Waals surface area contributed by atoms with Gasteiger partial charge in [0.15, 0.2) is 0 Å². The maximum absolute atomic E-state index is 12.0. The second-order valence-electron chi connectivity index (χ2n) is 4.33. The van der Waals surface area contributed by atoms with Crippen LogP contribution in [0.2, 0.25) is 0 Å². The van der Waals surface area contributed by atoms with E-state index in [0.717, 1.165) is 0 Å². The van der Waals surface area contributed by atoms with E-state index in [2.05, 4.69) is 10.1 Å². The average Bonchev–Trinajstić information content (AvgIpc) is 2.81. The molecule has 0 atom stereocenters. The number of esters is 1. The molecule has 0 fully saturated rings. The molecule has 0 unspecified atom stereocenters. The summed E-state index contributed by atoms with van der Waals surface area (Å²) in [4.78, 5) is 33.3. The third-order valence-electron chi connectivity index (χ3n) is 2.53. The van der Waals surface area contributed by atoms with Crippen molar-refractivity contribution in [3.63, 3.8) is 0 Å². The molecule has 1 aromatic heterocycles. The van der Waals surface area contributed by atoms with Gasteiger partial charge in [0.2, 0.25) is 0 Å². The van der Waals surface area contributed by atoms with E-state index >= 15 is 0 Å². The SMILES string of the molecule is CCOC(=O)CNC(=O)c1cc([N+](=O)[O-])cn1C(C)C. The molecule has 0 saturated carbocycles. The van der Waals surface area contributed by atoms with Crippen LogP contribution < -0.4 is 5.32 Å². The molecule has 0 aliphatic heterocycles. The van der Waals surface area contributed by atoms with Gasteiger partial charge >= 0.3 is 5.97 Å². The lowest BCUT2D eigenvalue weighted by atomic mass is 10.3. The molecule has 1 amide bonds. The molecular weight excluding hydrogens is 266 g/mol. The molecule has 1 N–H and O–H groups in total. The lowest BCUT2D eigenvalue weighted by Crippen LogP contribution is -2.32. The van der Waals surface area contributed by atoms with Gasteiger partial charge in [0.25, 0.3) is 11.6 Å². The van der Waals surface area contributed by atoms with Crippen LogP contribution in [0, 0.1) is 10.1 Å². The molecule has 0 bridgehead atoms. The number of nitrogens with one attached hydrogen (secondary N) is 1. The number of nitro groups is 1. The van der Waals surface area contributed by atoms with E-state index in [4.69, 9.17) is 0 Å². The second-order valence-corrected chi connectivity index (χ2v) is 4.33. The molecule has 8 heteroatoms. The van der Waals surface area contributed by atoms with Crippen LogP contribution in [0.1, 0.15) is 37.3 Å². The number of nitrogens with zero attached hydrogens (tertiary/aromatic N) is 2. The zero-order chi connectivity index (χ0) is 15.3. The van der Waals surface area contributed by atoms with Crippen molar-refractivity contribution in [2.45, 2.75) is 26.8 Å². The summed E-state index contributed by atoms with van der Waals surface area (Å²) in [7, 11) is 0. The van der Waals surface area contributed by atoms with Gasteiger partial charge in [0.1, 0.15) is 12.2 Å². The summed E-state index contributed by atoms with van der Waals surface area (Å²) in [6.45, 7) is 5.21. The number of rotatable bonds is 6. The first-order valence-electron chi connectivity index (χ1n) is 6.16. The highest BCUT2D eigenvalue weighted by molar-refractivity contribution is 5.95. The van der Waals surface area contributed by atoms with Gasteiger partial charge in [-0.25, -0.2) is 0 Å². The van der Waals surface area contributed by atoms with Crippen LogP contribution in [0.25, 0.3) is 0 Å². The molecular formula is C12H17N3O5. The van der Waals surface area contributed by atoms with Crippen molar-refractivity contribution < 1.29 is 19.2 Å². The summed E-state index contributed by atoms with van der Waals surface area (Å²) in [5.41, 5.74) is -0.0315. The van der Waals surface area contributed by atoms with Gasteiger partial charge in [-0.05, 0) is 20.8 Å². The predicted molar refractivity (Wildman–Crippen MR) is 70.4 cm³/mol. The largest absolute Gasteiger partial charge is 0.465 e. The number of hydrogen-bond acceptors (Lipinski definition) is 5. The van der Waals surface area contributed by atoms with E-state index in [1.807, 2.05) is 0 Å². The number of carbonyl (C=O) groups excluding carboxylic acids is 2. The molecule has 0 aromatic carbocycles. The molecule has 1 rings (SSSR count). The fourth-order valence-electron chi connectivity index (χ4n) is 1.63. The van der Waals surface area contributed by atoms with E-state index in [9.17, 15) is 19.7 Å². The minimum absolute atomic E-state index is 0.118. The molecule has 0 aliphatic carbocycles. The third-order valence-corrected chi connectivity index (χ3v) is 2.53. The highest BCUT2D eigenvalue weighted by Crippen LogP contribution is 2.20. The first kappa shape index (κ1) is 15.7. The maximum atomic E-state index is 12.0. The average molecular weight is 283 g/mol. The summed E-state index contributed by atoms with van der Waals surface area (Å²) < 4.78 is 6.17. The van der Waals surface area contributed by atoms with Crippen molar-refractivity contribution in [3.8, 4) is 0 Å². The first-order valence-corrected chi connectivity index (χ1v) is 6.16. The van der Waals surface area contributed by atoms with Gasteiger partial charge in [-0.15, -0.1) is 0 Å². The highest BCUT2D eigenvalue weighted by atomic mass is 16.6. The van der Waals surface area contributed by atoms with Crippen molar-refractivity contribution >= 4 is 17.6 Å². The lowest BCUT2D eigenvalue weighted by Gasteiger charge is -2.11. The van der Waals surface area contributed by atoms with E-state index in [-0.39, 0.29) is 30.6 Å². The van der Waals surface area contributed by atoms with E-state index in [1.165, 1.54) is 16.8 Å². The van der Waals surface area contributed by atoms with E-state index in [0.29, 0.717) is 0 Å². The van der Waals surface area contributed by atoms with Gasteiger partial charge in [0.05, 0.1) is 17.7 Å². The summed E-state index contributed by atoms with van der Waals surface area (Å²) in [6, 6.07) is 1.06. The second kappa shape index (κ2) is 6.69. The van der Waals surface area contributed by atoms with Crippen molar-refractivity contribution in [1.82, 2.24) is 9.88 Å². The fraction of sp³-hybridized carbons (Fsp3) is 0.500. The predicted octanol–water partition coefficient (Wildman–Crippen LogP) is 1.27. The molecule has 0 spiro atoms. The van der Waals surface area contributed by atoms with E-state index in [1.54, 1.807) is 20.8 Å². The summed E-state index contributed by atoms with van der Waals surface area (Å²) in [6.07, 6.45) is 1.30. The molecule has 1 heterocycles. The van der Waals surface area contributed by atoms with E-state index < -0.39 is 16.8 Å². The number of aromatic nitrogens is 1. The van der Waals surface area contributed by atoms with Crippen LogP contribution in [0.15, 0.2) is 12.3 Å². The number of hydrogen-bond donors (Lipinski definition) is 1. The van der Waals surface area contributed by atoms with Gasteiger partial charge < -0.3 is 14.6 Å². The Morgan fingerprint density at radius 2 is 2.15 bits per heavy atom. The topological polar surface area (TPSA) is 103 Å². The van der Waals surface area contributed by atoms with Crippen molar-refractivity contribution in [1.29, 1.82) is 0 Å². The monoisotopic (exact) mass is 283 g/mol. The van der Waals surface area contributed by atoms with Crippen LogP contribution in [-0.2, 0) is 9.53 Å². The Bertz CT molecular complexity index is 521. The van der Waals surface area contributed by atoms with Crippen LogP contribution in [0.3, 0.4) is 0 Å². The zero-order valence-corrected chi connectivity index (χ0v) is 11.6. The van der Waals surface area contributed by atoms with Crippen molar-refractivity contribution in [2.24, 2.45) is 0 Å². The molecule has 20 heavy (non-hydrogen) atoms. The summed E-state index contributed by atoms with van der Waals surface area (Å²) >= 11 is 0. The number of ether oxygens (including phenoxy) is 1. The summed E-state index contributed by atoms with van der Waals surface area (Å²) in [5.74, 6) is -1.11. The number of amides is 1. The van der Waals surface area contributed by atoms with Gasteiger partial charge in [-0.2, -0.15) is 0 Å². The minimum atomic E-state index is -0.568. The van der Waals surface area contributed by atoms with Crippen LogP contribution in [-0.4, -0.2) is 34.5 Å². The molecule has 0 aliphatic rings. The minimum Gasteiger partial charge on any atom is -0.465 e. The van der Waals surface area contributed by atoms with Crippen LogP contribution in [0.4, 0.5) is 5.69 Å². The Balaban J connectivity index is 2.86. The van der Waals surface area contributed by atoms with Crippen LogP contribution in [0.5, 0.6) is 0 Å². The Kier molecular flexibility index (Phi) is 5.24. The zero-order valence-electron chi connectivity index (χ0n) is 11.6. The van der Waals surface area contributed by atoms with Crippen molar-refractivity contribution in [3.05, 3.63) is 28.1 Å². The maximum Gasteiger partial charge on any atom is 0.325 e. The molecule has 110 valence electrons. The van der Waals surface area contributed by atoms with Gasteiger partial charge in [-0.3, -0.25) is 19.7 Å². The smallest absolute Gasteiger partial charge is 0.325 e. The Morgan fingerprint density at radius 1 is 1.50 bits per heavy atom. The quantitative estimate of drug-likeness (QED) is 0.481. The third kappa shape index (κ3) is 3.81. The van der Waals surface area contributed by atoms with Crippen LogP contribution >= 0.6 is 0 Å². The normalized spacial score (nSPS) is 10.4. The summed E-state index contributed by atoms with van der Waals surface area (Å²) in [5, 5.41) is 13.1. The van der Waals surface area contributed by atoms with Crippen molar-refractivity contribution in [2.75, 3.05) is 13.2 Å². The Hall–Kier alpha value is -2.38. The fourth-order valence-corrected chi connectivity index (χ4v) is 1.63. The molecule has 0 saturated heterocycles. The lowest BCUT2D eigenvalue weighted by molar-refractivity contribution is -0.384. The first-order chi connectivity index (χ1) is 9.36. The van der Waals surface area contributed by atoms with Gasteiger partial charge in [-0.1, -0.05) is 0 Å². The molecule has 8 nitrogen and oxygen atoms in total. The Labute approximate surface area is 115 Å².